The minimum Gasteiger partial charge on any atom is -0.508 e. The number of phenolic OH excluding ortho intramolecular Hbond substituents is 1. The van der Waals surface area contributed by atoms with Gasteiger partial charge in [0.2, 0.25) is 0 Å². The second-order valence-corrected chi connectivity index (χ2v) is 4.99. The van der Waals surface area contributed by atoms with Crippen LogP contribution in [0.15, 0.2) is 34.9 Å². The molecule has 0 saturated heterocycles. The molecule has 112 valence electrons. The molecule has 1 heterocycles. The minimum atomic E-state index is -0.277. The number of carbonyl (C=O) groups excluding carboxylic acids is 1. The first-order valence-corrected chi connectivity index (χ1v) is 6.96. The highest BCUT2D eigenvalue weighted by atomic mass is 35.5. The Hall–Kier alpha value is -1.85. The molecule has 7 heteroatoms. The van der Waals surface area contributed by atoms with E-state index >= 15 is 0 Å². The maximum Gasteiger partial charge on any atom is 0.286 e. The molecule has 0 atom stereocenters. The summed E-state index contributed by atoms with van der Waals surface area (Å²) in [4.78, 5) is 11.6. The summed E-state index contributed by atoms with van der Waals surface area (Å²) >= 11 is 11.8. The zero-order valence-corrected chi connectivity index (χ0v) is 12.4. The van der Waals surface area contributed by atoms with Crippen LogP contribution in [0.2, 0.25) is 10.0 Å². The van der Waals surface area contributed by atoms with Crippen LogP contribution in [0.3, 0.4) is 0 Å². The Morgan fingerprint density at radius 2 is 2.05 bits per heavy atom. The van der Waals surface area contributed by atoms with Crippen LogP contribution < -0.4 is 10.1 Å². The molecule has 21 heavy (non-hydrogen) atoms. The van der Waals surface area contributed by atoms with Gasteiger partial charge in [-0.2, -0.15) is 0 Å². The molecule has 0 fully saturated rings. The maximum atomic E-state index is 11.6. The second kappa shape index (κ2) is 7.24. The summed E-state index contributed by atoms with van der Waals surface area (Å²) in [6, 6.07) is 5.93. The van der Waals surface area contributed by atoms with Gasteiger partial charge in [-0.25, -0.2) is 0 Å². The molecule has 0 aliphatic rings. The van der Waals surface area contributed by atoms with Gasteiger partial charge in [-0.1, -0.05) is 23.2 Å². The third-order valence-corrected chi connectivity index (χ3v) is 3.14. The highest BCUT2D eigenvalue weighted by molar-refractivity contribution is 6.37. The first-order valence-electron chi connectivity index (χ1n) is 6.20. The molecule has 2 aromatic rings. The van der Waals surface area contributed by atoms with Gasteiger partial charge in [0.1, 0.15) is 5.75 Å². The van der Waals surface area contributed by atoms with E-state index in [9.17, 15) is 9.90 Å². The van der Waals surface area contributed by atoms with Crippen molar-refractivity contribution in [3.8, 4) is 11.5 Å². The van der Waals surface area contributed by atoms with Crippen molar-refractivity contribution in [3.63, 3.8) is 0 Å². The summed E-state index contributed by atoms with van der Waals surface area (Å²) < 4.78 is 10.4. The molecule has 0 bridgehead atoms. The van der Waals surface area contributed by atoms with E-state index in [4.69, 9.17) is 32.4 Å². The van der Waals surface area contributed by atoms with Crippen molar-refractivity contribution in [2.75, 3.05) is 13.2 Å². The topological polar surface area (TPSA) is 71.7 Å². The molecule has 2 rings (SSSR count). The number of carbonyl (C=O) groups is 1. The third kappa shape index (κ3) is 4.31. The number of nitrogens with one attached hydrogen (secondary N) is 1. The lowest BCUT2D eigenvalue weighted by molar-refractivity contribution is 0.0924. The summed E-state index contributed by atoms with van der Waals surface area (Å²) in [5.74, 6) is 0.276. The highest BCUT2D eigenvalue weighted by Crippen LogP contribution is 2.36. The van der Waals surface area contributed by atoms with Gasteiger partial charge in [0.15, 0.2) is 11.5 Å². The minimum absolute atomic E-state index is 0.0249. The van der Waals surface area contributed by atoms with E-state index in [0.29, 0.717) is 25.3 Å². The number of phenols is 1. The van der Waals surface area contributed by atoms with Crippen LogP contribution >= 0.6 is 23.2 Å². The van der Waals surface area contributed by atoms with Crippen molar-refractivity contribution >= 4 is 29.1 Å². The molecule has 0 aliphatic heterocycles. The van der Waals surface area contributed by atoms with Crippen LogP contribution in [0.5, 0.6) is 11.5 Å². The average Bonchev–Trinajstić information content (AvgIpc) is 2.94. The average molecular weight is 330 g/mol. The lowest BCUT2D eigenvalue weighted by atomic mass is 10.3. The smallest absolute Gasteiger partial charge is 0.286 e. The van der Waals surface area contributed by atoms with Crippen molar-refractivity contribution in [2.24, 2.45) is 0 Å². The molecule has 1 aromatic heterocycles. The van der Waals surface area contributed by atoms with Gasteiger partial charge in [-0.3, -0.25) is 4.79 Å². The first-order chi connectivity index (χ1) is 10.1. The number of benzene rings is 1. The predicted molar refractivity (Wildman–Crippen MR) is 79.3 cm³/mol. The molecule has 0 saturated carbocycles. The number of halogens is 2. The van der Waals surface area contributed by atoms with Gasteiger partial charge in [-0.05, 0) is 18.6 Å². The molecule has 1 amide bonds. The first kappa shape index (κ1) is 15.5. The van der Waals surface area contributed by atoms with Crippen molar-refractivity contribution in [1.29, 1.82) is 0 Å². The molecule has 5 nitrogen and oxygen atoms in total. The summed E-state index contributed by atoms with van der Waals surface area (Å²) in [5, 5.41) is 12.5. The lowest BCUT2D eigenvalue weighted by Crippen LogP contribution is -2.25. The normalized spacial score (nSPS) is 10.4. The van der Waals surface area contributed by atoms with Crippen LogP contribution in [0.1, 0.15) is 17.0 Å². The van der Waals surface area contributed by atoms with E-state index in [1.54, 1.807) is 12.1 Å². The zero-order valence-electron chi connectivity index (χ0n) is 10.9. The van der Waals surface area contributed by atoms with E-state index in [-0.39, 0.29) is 27.5 Å². The van der Waals surface area contributed by atoms with Gasteiger partial charge in [-0.15, -0.1) is 0 Å². The molecule has 1 aromatic carbocycles. The summed E-state index contributed by atoms with van der Waals surface area (Å²) in [5.41, 5.74) is 0. The summed E-state index contributed by atoms with van der Waals surface area (Å²) in [6.45, 7) is 0.746. The van der Waals surface area contributed by atoms with Crippen molar-refractivity contribution < 1.29 is 19.1 Å². The number of rotatable bonds is 6. The Balaban J connectivity index is 1.74. The van der Waals surface area contributed by atoms with Crippen LogP contribution in [-0.2, 0) is 0 Å². The van der Waals surface area contributed by atoms with Crippen molar-refractivity contribution in [3.05, 3.63) is 46.3 Å². The van der Waals surface area contributed by atoms with E-state index in [1.165, 1.54) is 18.4 Å². The SMILES string of the molecule is O=C(NCCCOc1c(Cl)cc(O)cc1Cl)c1ccco1. The standard InChI is InChI=1S/C14H13Cl2NO4/c15-10-7-9(18)8-11(16)13(10)21-6-2-4-17-14(19)12-3-1-5-20-12/h1,3,5,7-8,18H,2,4,6H2,(H,17,19). The highest BCUT2D eigenvalue weighted by Gasteiger charge is 2.10. The lowest BCUT2D eigenvalue weighted by Gasteiger charge is -2.10. The predicted octanol–water partition coefficient (Wildman–Crippen LogP) is 3.49. The van der Waals surface area contributed by atoms with Crippen LogP contribution in [-0.4, -0.2) is 24.2 Å². The van der Waals surface area contributed by atoms with Crippen LogP contribution in [0, 0.1) is 0 Å². The molecule has 0 aliphatic carbocycles. The monoisotopic (exact) mass is 329 g/mol. The molecular weight excluding hydrogens is 317 g/mol. The van der Waals surface area contributed by atoms with Crippen LogP contribution in [0.25, 0.3) is 0 Å². The largest absolute Gasteiger partial charge is 0.508 e. The molecular formula is C14H13Cl2NO4. The van der Waals surface area contributed by atoms with E-state index in [0.717, 1.165) is 0 Å². The van der Waals surface area contributed by atoms with Crippen LogP contribution in [0.4, 0.5) is 0 Å². The van der Waals surface area contributed by atoms with Gasteiger partial charge in [0, 0.05) is 18.7 Å². The third-order valence-electron chi connectivity index (χ3n) is 2.58. The Bertz CT molecular complexity index is 590. The Morgan fingerprint density at radius 3 is 2.67 bits per heavy atom. The van der Waals surface area contributed by atoms with E-state index in [1.807, 2.05) is 0 Å². The second-order valence-electron chi connectivity index (χ2n) is 4.17. The van der Waals surface area contributed by atoms with E-state index in [2.05, 4.69) is 5.32 Å². The number of amides is 1. The number of furan rings is 1. The molecule has 0 unspecified atom stereocenters. The van der Waals surface area contributed by atoms with Gasteiger partial charge in [0.05, 0.1) is 22.9 Å². The fraction of sp³-hybridized carbons (Fsp3) is 0.214. The summed E-state index contributed by atoms with van der Waals surface area (Å²) in [7, 11) is 0. The number of ether oxygens (including phenoxy) is 1. The number of aromatic hydroxyl groups is 1. The molecule has 2 N–H and O–H groups in total. The van der Waals surface area contributed by atoms with Gasteiger partial charge >= 0.3 is 0 Å². The Labute approximate surface area is 131 Å². The Morgan fingerprint density at radius 1 is 1.33 bits per heavy atom. The quantitative estimate of drug-likeness (QED) is 0.796. The van der Waals surface area contributed by atoms with Gasteiger partial charge in [0.25, 0.3) is 5.91 Å². The summed E-state index contributed by atoms with van der Waals surface area (Å²) in [6.07, 6.45) is 2.01. The number of hydrogen-bond acceptors (Lipinski definition) is 4. The van der Waals surface area contributed by atoms with Crippen molar-refractivity contribution in [2.45, 2.75) is 6.42 Å². The van der Waals surface area contributed by atoms with Crippen molar-refractivity contribution in [1.82, 2.24) is 5.32 Å². The fourth-order valence-corrected chi connectivity index (χ4v) is 2.21. The van der Waals surface area contributed by atoms with Gasteiger partial charge < -0.3 is 19.6 Å². The number of hydrogen-bond donors (Lipinski definition) is 2. The molecule has 0 radical (unpaired) electrons. The Kier molecular flexibility index (Phi) is 5.36. The van der Waals surface area contributed by atoms with E-state index < -0.39 is 0 Å². The zero-order chi connectivity index (χ0) is 15.2. The maximum absolute atomic E-state index is 11.6. The molecule has 0 spiro atoms. The fourth-order valence-electron chi connectivity index (χ4n) is 1.63.